The van der Waals surface area contributed by atoms with Crippen LogP contribution in [-0.2, 0) is 9.47 Å². The molecule has 0 amide bonds. The summed E-state index contributed by atoms with van der Waals surface area (Å²) in [7, 11) is 1.78. The van der Waals surface area contributed by atoms with Gasteiger partial charge in [0.05, 0.1) is 12.7 Å². The van der Waals surface area contributed by atoms with Gasteiger partial charge in [0.15, 0.2) is 0 Å². The lowest BCUT2D eigenvalue weighted by Crippen LogP contribution is -2.10. The second kappa shape index (κ2) is 4.43. The summed E-state index contributed by atoms with van der Waals surface area (Å²) >= 11 is 0. The molecule has 2 rings (SSSR count). The highest BCUT2D eigenvalue weighted by atomic mass is 16.5. The second-order valence-electron chi connectivity index (χ2n) is 4.45. The van der Waals surface area contributed by atoms with Crippen molar-refractivity contribution in [3.05, 3.63) is 0 Å². The number of ether oxygens (including phenoxy) is 2. The van der Waals surface area contributed by atoms with E-state index in [4.69, 9.17) is 9.47 Å². The Balaban J connectivity index is 1.54. The van der Waals surface area contributed by atoms with Crippen molar-refractivity contribution in [2.75, 3.05) is 20.3 Å². The van der Waals surface area contributed by atoms with Gasteiger partial charge in [0.2, 0.25) is 0 Å². The van der Waals surface area contributed by atoms with Crippen LogP contribution >= 0.6 is 0 Å². The third-order valence-corrected chi connectivity index (χ3v) is 3.30. The van der Waals surface area contributed by atoms with Crippen LogP contribution in [0.2, 0.25) is 0 Å². The molecule has 2 fully saturated rings. The van der Waals surface area contributed by atoms with Crippen molar-refractivity contribution in [2.24, 2.45) is 11.8 Å². The van der Waals surface area contributed by atoms with Crippen molar-refractivity contribution in [2.45, 2.75) is 38.2 Å². The van der Waals surface area contributed by atoms with Crippen LogP contribution in [0.25, 0.3) is 0 Å². The number of hydrogen-bond donors (Lipinski definition) is 0. The quantitative estimate of drug-likeness (QED) is 0.652. The molecule has 0 aromatic rings. The molecular weight excluding hydrogens is 164 g/mol. The molecule has 0 aliphatic heterocycles. The highest BCUT2D eigenvalue weighted by Gasteiger charge is 2.37. The Morgan fingerprint density at radius 3 is 2.46 bits per heavy atom. The molecule has 0 saturated heterocycles. The average molecular weight is 184 g/mol. The maximum absolute atomic E-state index is 5.85. The van der Waals surface area contributed by atoms with Gasteiger partial charge >= 0.3 is 0 Å². The van der Waals surface area contributed by atoms with Gasteiger partial charge in [-0.25, -0.2) is 0 Å². The van der Waals surface area contributed by atoms with E-state index < -0.39 is 0 Å². The predicted molar refractivity (Wildman–Crippen MR) is 51.7 cm³/mol. The molecule has 2 nitrogen and oxygen atoms in total. The minimum atomic E-state index is 0.587. The van der Waals surface area contributed by atoms with E-state index in [2.05, 4.69) is 0 Å². The molecule has 2 aliphatic carbocycles. The van der Waals surface area contributed by atoms with Crippen LogP contribution in [0, 0.1) is 11.8 Å². The fourth-order valence-corrected chi connectivity index (χ4v) is 2.25. The molecule has 2 atom stereocenters. The normalized spacial score (nSPS) is 33.9. The van der Waals surface area contributed by atoms with E-state index in [1.54, 1.807) is 7.11 Å². The molecule has 0 radical (unpaired) electrons. The van der Waals surface area contributed by atoms with Crippen LogP contribution in [0.15, 0.2) is 0 Å². The summed E-state index contributed by atoms with van der Waals surface area (Å²) in [5.74, 6) is 1.60. The molecular formula is C11H20O2. The van der Waals surface area contributed by atoms with Gasteiger partial charge in [-0.15, -0.1) is 0 Å². The Morgan fingerprint density at radius 1 is 1.08 bits per heavy atom. The van der Waals surface area contributed by atoms with Crippen LogP contribution in [0.3, 0.4) is 0 Å². The highest BCUT2D eigenvalue weighted by molar-refractivity contribution is 4.86. The van der Waals surface area contributed by atoms with E-state index in [1.165, 1.54) is 32.1 Å². The molecule has 0 N–H and O–H groups in total. The van der Waals surface area contributed by atoms with E-state index in [0.29, 0.717) is 6.10 Å². The lowest BCUT2D eigenvalue weighted by molar-refractivity contribution is 0.0456. The van der Waals surface area contributed by atoms with Crippen LogP contribution in [0.4, 0.5) is 0 Å². The van der Waals surface area contributed by atoms with Gasteiger partial charge in [0, 0.05) is 13.7 Å². The summed E-state index contributed by atoms with van der Waals surface area (Å²) in [5, 5.41) is 0. The monoisotopic (exact) mass is 184 g/mol. The minimum absolute atomic E-state index is 0.587. The van der Waals surface area contributed by atoms with Crippen molar-refractivity contribution in [3.63, 3.8) is 0 Å². The molecule has 0 heterocycles. The first-order valence-electron chi connectivity index (χ1n) is 5.50. The van der Waals surface area contributed by atoms with Crippen molar-refractivity contribution >= 4 is 0 Å². The molecule has 2 aliphatic rings. The summed E-state index contributed by atoms with van der Waals surface area (Å²) in [6.07, 6.45) is 7.24. The molecule has 2 heteroatoms. The van der Waals surface area contributed by atoms with Crippen molar-refractivity contribution in [1.82, 2.24) is 0 Å². The fraction of sp³-hybridized carbons (Fsp3) is 1.00. The van der Waals surface area contributed by atoms with Crippen LogP contribution in [-0.4, -0.2) is 26.4 Å². The lowest BCUT2D eigenvalue weighted by atomic mass is 10.3. The zero-order valence-electron chi connectivity index (χ0n) is 8.50. The first-order chi connectivity index (χ1) is 6.40. The van der Waals surface area contributed by atoms with Gasteiger partial charge in [-0.3, -0.25) is 0 Å². The Hall–Kier alpha value is -0.0800. The van der Waals surface area contributed by atoms with Crippen LogP contribution in [0.1, 0.15) is 32.1 Å². The van der Waals surface area contributed by atoms with Crippen LogP contribution < -0.4 is 0 Å². The first-order valence-corrected chi connectivity index (χ1v) is 5.50. The molecule has 2 unspecified atom stereocenters. The summed E-state index contributed by atoms with van der Waals surface area (Å²) in [6.45, 7) is 1.91. The largest absolute Gasteiger partial charge is 0.384 e. The van der Waals surface area contributed by atoms with Crippen molar-refractivity contribution in [1.29, 1.82) is 0 Å². The van der Waals surface area contributed by atoms with Gasteiger partial charge in [-0.2, -0.15) is 0 Å². The first kappa shape index (κ1) is 9.47. The molecule has 13 heavy (non-hydrogen) atoms. The molecule has 0 aromatic heterocycles. The van der Waals surface area contributed by atoms with Crippen LogP contribution in [0.5, 0.6) is 0 Å². The fourth-order valence-electron chi connectivity index (χ4n) is 2.25. The zero-order valence-corrected chi connectivity index (χ0v) is 8.50. The molecule has 2 saturated carbocycles. The SMILES string of the molecule is COCC1CC1COC1CCCC1. The number of methoxy groups -OCH3 is 1. The van der Waals surface area contributed by atoms with Crippen molar-refractivity contribution < 1.29 is 9.47 Å². The molecule has 0 spiro atoms. The Labute approximate surface area is 80.6 Å². The maximum Gasteiger partial charge on any atom is 0.0575 e. The highest BCUT2D eigenvalue weighted by Crippen LogP contribution is 2.39. The Bertz CT molecular complexity index is 152. The average Bonchev–Trinajstić information content (AvgIpc) is 2.66. The third-order valence-electron chi connectivity index (χ3n) is 3.30. The second-order valence-corrected chi connectivity index (χ2v) is 4.45. The Morgan fingerprint density at radius 2 is 1.77 bits per heavy atom. The van der Waals surface area contributed by atoms with E-state index in [0.717, 1.165) is 25.0 Å². The standard InChI is InChI=1S/C11H20O2/c1-12-7-9-6-10(9)8-13-11-4-2-3-5-11/h9-11H,2-8H2,1H3. The molecule has 76 valence electrons. The topological polar surface area (TPSA) is 18.5 Å². The van der Waals surface area contributed by atoms with Crippen molar-refractivity contribution in [3.8, 4) is 0 Å². The molecule has 0 bridgehead atoms. The summed E-state index contributed by atoms with van der Waals surface area (Å²) in [6, 6.07) is 0. The zero-order chi connectivity index (χ0) is 9.10. The van der Waals surface area contributed by atoms with E-state index >= 15 is 0 Å². The maximum atomic E-state index is 5.85. The smallest absolute Gasteiger partial charge is 0.0575 e. The number of rotatable bonds is 5. The molecule has 0 aromatic carbocycles. The van der Waals surface area contributed by atoms with E-state index in [9.17, 15) is 0 Å². The van der Waals surface area contributed by atoms with Gasteiger partial charge < -0.3 is 9.47 Å². The number of hydrogen-bond acceptors (Lipinski definition) is 2. The summed E-state index contributed by atoms with van der Waals surface area (Å²) < 4.78 is 11.0. The predicted octanol–water partition coefficient (Wildman–Crippen LogP) is 2.23. The van der Waals surface area contributed by atoms with Gasteiger partial charge in [0.25, 0.3) is 0 Å². The van der Waals surface area contributed by atoms with Gasteiger partial charge in [-0.1, -0.05) is 12.8 Å². The summed E-state index contributed by atoms with van der Waals surface area (Å²) in [4.78, 5) is 0. The van der Waals surface area contributed by atoms with E-state index in [-0.39, 0.29) is 0 Å². The summed E-state index contributed by atoms with van der Waals surface area (Å²) in [5.41, 5.74) is 0. The van der Waals surface area contributed by atoms with Gasteiger partial charge in [0.1, 0.15) is 0 Å². The van der Waals surface area contributed by atoms with Gasteiger partial charge in [-0.05, 0) is 31.1 Å². The third kappa shape index (κ3) is 2.68. The lowest BCUT2D eigenvalue weighted by Gasteiger charge is -2.10. The van der Waals surface area contributed by atoms with E-state index in [1.807, 2.05) is 0 Å². The minimum Gasteiger partial charge on any atom is -0.384 e. The Kier molecular flexibility index (Phi) is 3.23.